The van der Waals surface area contributed by atoms with Crippen LogP contribution >= 0.6 is 0 Å². The molecular weight excluding hydrogens is 544 g/mol. The lowest BCUT2D eigenvalue weighted by atomic mass is 9.91. The summed E-state index contributed by atoms with van der Waals surface area (Å²) in [5.74, 6) is 0.554. The Morgan fingerprint density at radius 3 is 1.77 bits per heavy atom. The number of hydrogen-bond acceptors (Lipinski definition) is 11. The number of rotatable bonds is 17. The molecule has 0 amide bonds. The summed E-state index contributed by atoms with van der Waals surface area (Å²) in [7, 11) is 4.61. The molecule has 1 saturated carbocycles. The van der Waals surface area contributed by atoms with Gasteiger partial charge in [-0.2, -0.15) is 0 Å². The molecule has 4 atom stereocenters. The van der Waals surface area contributed by atoms with Gasteiger partial charge in [-0.1, -0.05) is 13.5 Å². The van der Waals surface area contributed by atoms with Crippen LogP contribution in [0, 0.1) is 5.92 Å². The topological polar surface area (TPSA) is 116 Å². The van der Waals surface area contributed by atoms with Gasteiger partial charge in [0.2, 0.25) is 0 Å². The van der Waals surface area contributed by atoms with E-state index in [1.54, 1.807) is 49.6 Å². The lowest BCUT2D eigenvalue weighted by Crippen LogP contribution is -2.42. The minimum absolute atomic E-state index is 0.316. The van der Waals surface area contributed by atoms with Gasteiger partial charge in [0.25, 0.3) is 0 Å². The van der Waals surface area contributed by atoms with Gasteiger partial charge in [0.1, 0.15) is 6.10 Å². The maximum Gasteiger partial charge on any atom is 0.500 e. The van der Waals surface area contributed by atoms with Crippen LogP contribution in [0.3, 0.4) is 0 Å². The van der Waals surface area contributed by atoms with E-state index >= 15 is 0 Å². The zero-order valence-electron chi connectivity index (χ0n) is 25.3. The third kappa shape index (κ3) is 14.7. The molecule has 0 aromatic heterocycles. The molecular formula is C26H52O11Si2. The molecule has 230 valence electrons. The second-order valence-electron chi connectivity index (χ2n) is 9.88. The Balaban J connectivity index is 0.000000306. The van der Waals surface area contributed by atoms with E-state index in [1.165, 1.54) is 19.3 Å². The standard InChI is InChI=1S/C10H20O5Si.C9H20O5Si.C7H12O/c1-9(2)10(11)15-7-6-8-16(12-3,13-4)14-5;1-10-15(11-2,12-3)6-4-5-13-7-9-8-14-9;1-5-2-3-6-7(4-5)8-6/h1,6-8H2,2-5H3;9H,4-8H2,1-3H3;5-7H,2-4H2,1H3. The minimum atomic E-state index is -2.53. The van der Waals surface area contributed by atoms with Crippen LogP contribution in [-0.2, 0) is 50.3 Å². The first-order valence-corrected chi connectivity index (χ1v) is 17.5. The maximum atomic E-state index is 11.1. The van der Waals surface area contributed by atoms with Crippen LogP contribution in [0.1, 0.15) is 46.0 Å². The number of fused-ring (bicyclic) bond motifs is 1. The van der Waals surface area contributed by atoms with E-state index < -0.39 is 17.6 Å². The average molecular weight is 597 g/mol. The molecule has 0 aromatic rings. The fourth-order valence-corrected chi connectivity index (χ4v) is 7.44. The fourth-order valence-electron chi connectivity index (χ4n) is 4.06. The van der Waals surface area contributed by atoms with Crippen molar-refractivity contribution in [2.45, 2.75) is 76.4 Å². The van der Waals surface area contributed by atoms with E-state index in [2.05, 4.69) is 13.5 Å². The van der Waals surface area contributed by atoms with Gasteiger partial charge in [-0.25, -0.2) is 4.79 Å². The van der Waals surface area contributed by atoms with Crippen LogP contribution in [0.2, 0.25) is 12.1 Å². The SMILES string of the molecule is C=C(C)C(=O)OCCC[Si](OC)(OC)OC.CC1CCC2OC2C1.CO[Si](CCCOCC1CO1)(OC)OC. The smallest absolute Gasteiger partial charge is 0.462 e. The number of carbonyl (C=O) groups is 1. The van der Waals surface area contributed by atoms with E-state index in [4.69, 9.17) is 45.5 Å². The monoisotopic (exact) mass is 596 g/mol. The second-order valence-corrected chi connectivity index (χ2v) is 16.1. The van der Waals surface area contributed by atoms with Crippen molar-refractivity contribution in [2.24, 2.45) is 5.92 Å². The highest BCUT2D eigenvalue weighted by atomic mass is 28.4. The Morgan fingerprint density at radius 1 is 0.846 bits per heavy atom. The summed E-state index contributed by atoms with van der Waals surface area (Å²) in [6.07, 6.45) is 7.26. The minimum Gasteiger partial charge on any atom is -0.462 e. The molecule has 2 heterocycles. The molecule has 3 fully saturated rings. The fraction of sp³-hybridized carbons (Fsp3) is 0.885. The average Bonchev–Trinajstić information content (AvgIpc) is 3.88. The number of carbonyl (C=O) groups excluding carboxylic acids is 1. The van der Waals surface area contributed by atoms with Crippen LogP contribution in [0.25, 0.3) is 0 Å². The molecule has 3 aliphatic rings. The third-order valence-corrected chi connectivity index (χ3v) is 12.5. The molecule has 39 heavy (non-hydrogen) atoms. The number of esters is 1. The summed E-state index contributed by atoms with van der Waals surface area (Å²) in [5, 5.41) is 0. The molecule has 13 heteroatoms. The highest BCUT2D eigenvalue weighted by Gasteiger charge is 2.42. The van der Waals surface area contributed by atoms with Gasteiger partial charge in [0.05, 0.1) is 32.0 Å². The molecule has 0 radical (unpaired) electrons. The third-order valence-electron chi connectivity index (χ3n) is 6.82. The van der Waals surface area contributed by atoms with Gasteiger partial charge < -0.3 is 45.5 Å². The van der Waals surface area contributed by atoms with Crippen LogP contribution < -0.4 is 0 Å². The van der Waals surface area contributed by atoms with Crippen molar-refractivity contribution in [2.75, 3.05) is 69.1 Å². The van der Waals surface area contributed by atoms with Gasteiger partial charge in [0, 0.05) is 66.9 Å². The Morgan fingerprint density at radius 2 is 1.36 bits per heavy atom. The molecule has 0 bridgehead atoms. The lowest BCUT2D eigenvalue weighted by Gasteiger charge is -2.24. The molecule has 1 aliphatic carbocycles. The summed E-state index contributed by atoms with van der Waals surface area (Å²) in [4.78, 5) is 11.1. The highest BCUT2D eigenvalue weighted by molar-refractivity contribution is 6.60. The van der Waals surface area contributed by atoms with E-state index in [9.17, 15) is 4.79 Å². The molecule has 0 N–H and O–H groups in total. The van der Waals surface area contributed by atoms with Crippen molar-refractivity contribution in [3.05, 3.63) is 12.2 Å². The predicted octanol–water partition coefficient (Wildman–Crippen LogP) is 3.62. The first-order valence-electron chi connectivity index (χ1n) is 13.6. The normalized spacial score (nSPS) is 23.4. The van der Waals surface area contributed by atoms with Gasteiger partial charge in [-0.05, 0) is 44.9 Å². The summed E-state index contributed by atoms with van der Waals surface area (Å²) < 4.78 is 52.3. The number of epoxide rings is 2. The van der Waals surface area contributed by atoms with Crippen molar-refractivity contribution in [1.29, 1.82) is 0 Å². The first-order chi connectivity index (χ1) is 18.6. The largest absolute Gasteiger partial charge is 0.500 e. The van der Waals surface area contributed by atoms with Crippen molar-refractivity contribution >= 4 is 23.6 Å². The molecule has 0 spiro atoms. The van der Waals surface area contributed by atoms with Crippen LogP contribution in [-0.4, -0.2) is 111 Å². The Labute approximate surface area is 237 Å². The van der Waals surface area contributed by atoms with Gasteiger partial charge in [-0.3, -0.25) is 0 Å². The lowest BCUT2D eigenvalue weighted by molar-refractivity contribution is -0.139. The van der Waals surface area contributed by atoms with E-state index in [1.807, 2.05) is 0 Å². The predicted molar refractivity (Wildman–Crippen MR) is 150 cm³/mol. The maximum absolute atomic E-state index is 11.1. The molecule has 4 unspecified atom stereocenters. The van der Waals surface area contributed by atoms with Crippen molar-refractivity contribution in [1.82, 2.24) is 0 Å². The van der Waals surface area contributed by atoms with Gasteiger partial charge in [-0.15, -0.1) is 0 Å². The quantitative estimate of drug-likeness (QED) is 0.0806. The summed E-state index contributed by atoms with van der Waals surface area (Å²) in [5.41, 5.74) is 0.397. The summed E-state index contributed by atoms with van der Waals surface area (Å²) in [6, 6.07) is 1.39. The number of hydrogen-bond donors (Lipinski definition) is 0. The van der Waals surface area contributed by atoms with Crippen LogP contribution in [0.5, 0.6) is 0 Å². The Hall–Kier alpha value is -0.716. The zero-order valence-corrected chi connectivity index (χ0v) is 27.3. The van der Waals surface area contributed by atoms with E-state index in [-0.39, 0.29) is 5.97 Å². The zero-order chi connectivity index (χ0) is 29.3. The van der Waals surface area contributed by atoms with Crippen molar-refractivity contribution < 1.29 is 50.3 Å². The first kappa shape index (κ1) is 36.3. The van der Waals surface area contributed by atoms with Gasteiger partial charge in [0.15, 0.2) is 0 Å². The van der Waals surface area contributed by atoms with Crippen LogP contribution in [0.4, 0.5) is 0 Å². The van der Waals surface area contributed by atoms with Gasteiger partial charge >= 0.3 is 23.6 Å². The molecule has 2 aliphatic heterocycles. The Bertz CT molecular complexity index is 668. The van der Waals surface area contributed by atoms with Crippen molar-refractivity contribution in [3.63, 3.8) is 0 Å². The molecule has 2 saturated heterocycles. The molecule has 11 nitrogen and oxygen atoms in total. The summed E-state index contributed by atoms with van der Waals surface area (Å²) >= 11 is 0. The molecule has 0 aromatic carbocycles. The van der Waals surface area contributed by atoms with Crippen molar-refractivity contribution in [3.8, 4) is 0 Å². The number of ether oxygens (including phenoxy) is 4. The summed E-state index contributed by atoms with van der Waals surface area (Å²) in [6.45, 7) is 9.97. The Kier molecular flexibility index (Phi) is 18.1. The van der Waals surface area contributed by atoms with E-state index in [0.29, 0.717) is 56.2 Å². The second kappa shape index (κ2) is 19.4. The van der Waals surface area contributed by atoms with E-state index in [0.717, 1.165) is 25.0 Å². The molecule has 3 rings (SSSR count). The van der Waals surface area contributed by atoms with Crippen LogP contribution in [0.15, 0.2) is 12.2 Å². The highest BCUT2D eigenvalue weighted by Crippen LogP contribution is 2.38.